The van der Waals surface area contributed by atoms with Crippen LogP contribution in [0.5, 0.6) is 0 Å². The van der Waals surface area contributed by atoms with Crippen molar-refractivity contribution in [2.45, 2.75) is 37.8 Å². The summed E-state index contributed by atoms with van der Waals surface area (Å²) in [6.45, 7) is 0. The summed E-state index contributed by atoms with van der Waals surface area (Å²) < 4.78 is 0. The molecule has 0 spiro atoms. The number of hydrogen-bond donors (Lipinski definition) is 0. The van der Waals surface area contributed by atoms with E-state index in [0.717, 1.165) is 22.1 Å². The molecule has 3 atom stereocenters. The lowest BCUT2D eigenvalue weighted by Crippen LogP contribution is -2.39. The first kappa shape index (κ1) is 17.1. The second-order valence-corrected chi connectivity index (χ2v) is 8.26. The van der Waals surface area contributed by atoms with Crippen LogP contribution in [0.3, 0.4) is 0 Å². The molecule has 1 unspecified atom stereocenters. The van der Waals surface area contributed by atoms with Gasteiger partial charge in [-0.25, -0.2) is 0 Å². The average molecular weight is 372 g/mol. The summed E-state index contributed by atoms with van der Waals surface area (Å²) in [5, 5.41) is 1.54. The van der Waals surface area contributed by atoms with E-state index in [0.29, 0.717) is 5.92 Å². The van der Waals surface area contributed by atoms with Crippen molar-refractivity contribution in [3.05, 3.63) is 75.8 Å². The van der Waals surface area contributed by atoms with Gasteiger partial charge in [-0.2, -0.15) is 0 Å². The van der Waals surface area contributed by atoms with Gasteiger partial charge in [0.05, 0.1) is 0 Å². The number of benzene rings is 2. The molecule has 0 N–H and O–H groups in total. The lowest BCUT2D eigenvalue weighted by atomic mass is 9.86. The Morgan fingerprint density at radius 2 is 1.44 bits per heavy atom. The summed E-state index contributed by atoms with van der Waals surface area (Å²) in [4.78, 5) is 2.59. The summed E-state index contributed by atoms with van der Waals surface area (Å²) in [6, 6.07) is 17.8. The summed E-state index contributed by atoms with van der Waals surface area (Å²) in [6.07, 6.45) is 7.65. The zero-order chi connectivity index (χ0) is 17.4. The molecule has 0 saturated carbocycles. The molecule has 2 fully saturated rings. The molecule has 1 nitrogen and oxygen atoms in total. The molecule has 2 aromatic rings. The van der Waals surface area contributed by atoms with E-state index < -0.39 is 0 Å². The highest BCUT2D eigenvalue weighted by molar-refractivity contribution is 6.31. The fraction of sp³-hybridized carbons (Fsp3) is 0.364. The van der Waals surface area contributed by atoms with Gasteiger partial charge in [-0.1, -0.05) is 53.5 Å². The van der Waals surface area contributed by atoms with E-state index in [1.165, 1.54) is 42.4 Å². The molecule has 2 bridgehead atoms. The van der Waals surface area contributed by atoms with Crippen LogP contribution in [0.15, 0.2) is 54.6 Å². The van der Waals surface area contributed by atoms with Crippen molar-refractivity contribution in [2.75, 3.05) is 7.05 Å². The molecule has 3 heteroatoms. The van der Waals surface area contributed by atoms with E-state index in [1.807, 2.05) is 24.3 Å². The van der Waals surface area contributed by atoms with Crippen LogP contribution in [0.4, 0.5) is 0 Å². The number of rotatable bonds is 3. The van der Waals surface area contributed by atoms with Crippen LogP contribution < -0.4 is 0 Å². The van der Waals surface area contributed by atoms with Crippen LogP contribution in [-0.4, -0.2) is 24.0 Å². The van der Waals surface area contributed by atoms with Gasteiger partial charge < -0.3 is 4.90 Å². The van der Waals surface area contributed by atoms with Crippen molar-refractivity contribution in [3.63, 3.8) is 0 Å². The van der Waals surface area contributed by atoms with Gasteiger partial charge in [0, 0.05) is 22.1 Å². The second-order valence-electron chi connectivity index (χ2n) is 7.38. The van der Waals surface area contributed by atoms with E-state index in [-0.39, 0.29) is 0 Å². The van der Waals surface area contributed by atoms with Gasteiger partial charge >= 0.3 is 0 Å². The molecule has 4 rings (SSSR count). The van der Waals surface area contributed by atoms with Crippen molar-refractivity contribution >= 4 is 28.8 Å². The van der Waals surface area contributed by atoms with Crippen LogP contribution >= 0.6 is 23.2 Å². The molecular formula is C22H23Cl2N. The SMILES string of the molecule is CN1[C@@H]2CC[C@H]1CC(C=C(c1cccc(Cl)c1)c1cccc(Cl)c1)C2. The molecule has 25 heavy (non-hydrogen) atoms. The summed E-state index contributed by atoms with van der Waals surface area (Å²) in [5.74, 6) is 0.613. The van der Waals surface area contributed by atoms with E-state index in [1.54, 1.807) is 0 Å². The number of halogens is 2. The highest BCUT2D eigenvalue weighted by Gasteiger charge is 2.37. The first-order chi connectivity index (χ1) is 12.1. The maximum Gasteiger partial charge on any atom is 0.0412 e. The predicted octanol–water partition coefficient (Wildman–Crippen LogP) is 6.30. The summed E-state index contributed by atoms with van der Waals surface area (Å²) >= 11 is 12.5. The number of fused-ring (bicyclic) bond motifs is 2. The van der Waals surface area contributed by atoms with E-state index in [4.69, 9.17) is 23.2 Å². The van der Waals surface area contributed by atoms with Crippen molar-refractivity contribution in [2.24, 2.45) is 5.92 Å². The molecule has 2 aromatic carbocycles. The molecule has 130 valence electrons. The van der Waals surface area contributed by atoms with Crippen molar-refractivity contribution < 1.29 is 0 Å². The zero-order valence-electron chi connectivity index (χ0n) is 14.5. The Hall–Kier alpha value is -1.28. The van der Waals surface area contributed by atoms with Crippen LogP contribution in [0, 0.1) is 5.92 Å². The Kier molecular flexibility index (Phi) is 4.90. The summed E-state index contributed by atoms with van der Waals surface area (Å²) in [5.41, 5.74) is 3.58. The fourth-order valence-electron chi connectivity index (χ4n) is 4.50. The van der Waals surface area contributed by atoms with E-state index >= 15 is 0 Å². The molecule has 0 aromatic heterocycles. The maximum atomic E-state index is 6.27. The Bertz CT molecular complexity index is 737. The Morgan fingerprint density at radius 1 is 0.920 bits per heavy atom. The van der Waals surface area contributed by atoms with Gasteiger partial charge in [0.2, 0.25) is 0 Å². The number of hydrogen-bond acceptors (Lipinski definition) is 1. The Morgan fingerprint density at radius 3 is 1.92 bits per heavy atom. The molecule has 2 heterocycles. The largest absolute Gasteiger partial charge is 0.300 e. The third kappa shape index (κ3) is 3.65. The van der Waals surface area contributed by atoms with Gasteiger partial charge in [0.15, 0.2) is 0 Å². The number of piperidine rings is 1. The second kappa shape index (κ2) is 7.15. The molecule has 2 aliphatic rings. The topological polar surface area (TPSA) is 3.24 Å². The fourth-order valence-corrected chi connectivity index (χ4v) is 4.88. The smallest absolute Gasteiger partial charge is 0.0412 e. The Balaban J connectivity index is 1.73. The Labute approximate surface area is 160 Å². The lowest BCUT2D eigenvalue weighted by Gasteiger charge is -2.35. The van der Waals surface area contributed by atoms with Gasteiger partial charge in [-0.05, 0) is 79.6 Å². The quantitative estimate of drug-likeness (QED) is 0.611. The zero-order valence-corrected chi connectivity index (χ0v) is 16.0. The molecule has 0 radical (unpaired) electrons. The van der Waals surface area contributed by atoms with Gasteiger partial charge in [-0.3, -0.25) is 0 Å². The van der Waals surface area contributed by atoms with Crippen LogP contribution in [-0.2, 0) is 0 Å². The van der Waals surface area contributed by atoms with Crippen molar-refractivity contribution in [3.8, 4) is 0 Å². The highest BCUT2D eigenvalue weighted by atomic mass is 35.5. The van der Waals surface area contributed by atoms with Crippen LogP contribution in [0.25, 0.3) is 5.57 Å². The minimum atomic E-state index is 0.613. The average Bonchev–Trinajstić information content (AvgIpc) is 2.81. The number of allylic oxidation sites excluding steroid dienone is 1. The first-order valence-electron chi connectivity index (χ1n) is 9.06. The van der Waals surface area contributed by atoms with Gasteiger partial charge in [-0.15, -0.1) is 0 Å². The van der Waals surface area contributed by atoms with E-state index in [9.17, 15) is 0 Å². The van der Waals surface area contributed by atoms with Crippen molar-refractivity contribution in [1.82, 2.24) is 4.90 Å². The predicted molar refractivity (Wildman–Crippen MR) is 107 cm³/mol. The maximum absolute atomic E-state index is 6.27. The molecule has 0 aliphatic carbocycles. The molecule has 2 saturated heterocycles. The normalized spacial score (nSPS) is 25.8. The summed E-state index contributed by atoms with van der Waals surface area (Å²) in [7, 11) is 2.29. The minimum Gasteiger partial charge on any atom is -0.300 e. The standard InChI is InChI=1S/C22H23Cl2N/c1-25-20-8-9-21(25)11-15(10-20)12-22(16-4-2-6-18(23)13-16)17-5-3-7-19(24)14-17/h2-7,12-15,20-21H,8-11H2,1H3/t15?,20-,21+. The van der Waals surface area contributed by atoms with Crippen LogP contribution in [0.2, 0.25) is 10.0 Å². The van der Waals surface area contributed by atoms with Crippen molar-refractivity contribution in [1.29, 1.82) is 0 Å². The van der Waals surface area contributed by atoms with Crippen LogP contribution in [0.1, 0.15) is 36.8 Å². The highest BCUT2D eigenvalue weighted by Crippen LogP contribution is 2.40. The monoisotopic (exact) mass is 371 g/mol. The molecular weight excluding hydrogens is 349 g/mol. The third-order valence-electron chi connectivity index (χ3n) is 5.81. The number of nitrogens with zero attached hydrogens (tertiary/aromatic N) is 1. The lowest BCUT2D eigenvalue weighted by molar-refractivity contribution is 0.152. The molecule has 0 amide bonds. The molecule has 2 aliphatic heterocycles. The van der Waals surface area contributed by atoms with E-state index in [2.05, 4.69) is 42.3 Å². The first-order valence-corrected chi connectivity index (χ1v) is 9.81. The van der Waals surface area contributed by atoms with Gasteiger partial charge in [0.1, 0.15) is 0 Å². The van der Waals surface area contributed by atoms with Gasteiger partial charge in [0.25, 0.3) is 0 Å². The third-order valence-corrected chi connectivity index (χ3v) is 6.28. The minimum absolute atomic E-state index is 0.613.